The van der Waals surface area contributed by atoms with Crippen LogP contribution in [0.1, 0.15) is 22.6 Å². The molecule has 60 valence electrons. The molecule has 3 heteroatoms. The van der Waals surface area contributed by atoms with Crippen LogP contribution in [0, 0.1) is 6.92 Å². The molecule has 0 amide bonds. The molecule has 1 saturated carbocycles. The summed E-state index contributed by atoms with van der Waals surface area (Å²) in [4.78, 5) is 2.13. The second-order valence-electron chi connectivity index (χ2n) is 3.05. The molecule has 0 radical (unpaired) electrons. The molecule has 1 aliphatic carbocycles. The summed E-state index contributed by atoms with van der Waals surface area (Å²) < 4.78 is 0. The van der Waals surface area contributed by atoms with Gasteiger partial charge in [-0.05, 0) is 25.8 Å². The standard InChI is InChI=1S/C8H9ClOS/c1-5-6(9)4-7(11-5)8(10)2-3-8/h4,10H,2-3H2,1H3. The first kappa shape index (κ1) is 7.59. The lowest BCUT2D eigenvalue weighted by Gasteiger charge is -2.00. The number of rotatable bonds is 1. The molecular formula is C8H9ClOS. The highest BCUT2D eigenvalue weighted by molar-refractivity contribution is 7.12. The lowest BCUT2D eigenvalue weighted by molar-refractivity contribution is 0.155. The summed E-state index contributed by atoms with van der Waals surface area (Å²) in [5.74, 6) is 0. The highest BCUT2D eigenvalue weighted by atomic mass is 35.5. The smallest absolute Gasteiger partial charge is 0.0990 e. The minimum Gasteiger partial charge on any atom is -0.384 e. The van der Waals surface area contributed by atoms with E-state index in [1.165, 1.54) is 0 Å². The third-order valence-electron chi connectivity index (χ3n) is 2.04. The fourth-order valence-corrected chi connectivity index (χ4v) is 2.40. The zero-order chi connectivity index (χ0) is 8.06. The van der Waals surface area contributed by atoms with E-state index in [2.05, 4.69) is 0 Å². The zero-order valence-corrected chi connectivity index (χ0v) is 7.80. The van der Waals surface area contributed by atoms with Crippen molar-refractivity contribution in [1.29, 1.82) is 0 Å². The number of hydrogen-bond acceptors (Lipinski definition) is 2. The van der Waals surface area contributed by atoms with Gasteiger partial charge in [0.25, 0.3) is 0 Å². The molecule has 0 bridgehead atoms. The Morgan fingerprint density at radius 2 is 2.27 bits per heavy atom. The normalized spacial score (nSPS) is 20.3. The first-order chi connectivity index (χ1) is 5.12. The van der Waals surface area contributed by atoms with Gasteiger partial charge in [0.1, 0.15) is 0 Å². The van der Waals surface area contributed by atoms with Crippen molar-refractivity contribution in [2.75, 3.05) is 0 Å². The van der Waals surface area contributed by atoms with Crippen LogP contribution in [0.2, 0.25) is 5.02 Å². The quantitative estimate of drug-likeness (QED) is 0.719. The van der Waals surface area contributed by atoms with Gasteiger partial charge < -0.3 is 5.11 Å². The Morgan fingerprint density at radius 3 is 2.64 bits per heavy atom. The van der Waals surface area contributed by atoms with Gasteiger partial charge in [-0.1, -0.05) is 11.6 Å². The van der Waals surface area contributed by atoms with Crippen LogP contribution >= 0.6 is 22.9 Å². The van der Waals surface area contributed by atoms with Crippen molar-refractivity contribution in [3.05, 3.63) is 20.8 Å². The molecule has 1 N–H and O–H groups in total. The molecule has 1 heterocycles. The van der Waals surface area contributed by atoms with Crippen molar-refractivity contribution >= 4 is 22.9 Å². The molecule has 0 atom stereocenters. The largest absolute Gasteiger partial charge is 0.384 e. The fraction of sp³-hybridized carbons (Fsp3) is 0.500. The Bertz CT molecular complexity index is 269. The lowest BCUT2D eigenvalue weighted by atomic mass is 10.3. The van der Waals surface area contributed by atoms with Gasteiger partial charge in [-0.15, -0.1) is 11.3 Å². The first-order valence-corrected chi connectivity index (χ1v) is 4.80. The van der Waals surface area contributed by atoms with Gasteiger partial charge in [0, 0.05) is 9.75 Å². The monoisotopic (exact) mass is 188 g/mol. The van der Waals surface area contributed by atoms with Gasteiger partial charge in [0.2, 0.25) is 0 Å². The predicted molar refractivity (Wildman–Crippen MR) is 47.2 cm³/mol. The van der Waals surface area contributed by atoms with Crippen molar-refractivity contribution < 1.29 is 5.11 Å². The van der Waals surface area contributed by atoms with Crippen LogP contribution in [0.15, 0.2) is 6.07 Å². The summed E-state index contributed by atoms with van der Waals surface area (Å²) in [6.07, 6.45) is 1.78. The van der Waals surface area contributed by atoms with Gasteiger partial charge >= 0.3 is 0 Å². The second kappa shape index (κ2) is 2.22. The van der Waals surface area contributed by atoms with Crippen LogP contribution in [0.5, 0.6) is 0 Å². The maximum atomic E-state index is 9.69. The Morgan fingerprint density at radius 1 is 1.64 bits per heavy atom. The third-order valence-corrected chi connectivity index (χ3v) is 3.79. The summed E-state index contributed by atoms with van der Waals surface area (Å²) in [6, 6.07) is 1.88. The fourth-order valence-electron chi connectivity index (χ4n) is 1.05. The number of hydrogen-bond donors (Lipinski definition) is 1. The molecule has 0 aromatic carbocycles. The molecule has 1 aliphatic rings. The molecule has 1 nitrogen and oxygen atoms in total. The first-order valence-electron chi connectivity index (χ1n) is 3.61. The van der Waals surface area contributed by atoms with E-state index in [0.29, 0.717) is 0 Å². The van der Waals surface area contributed by atoms with Crippen LogP contribution < -0.4 is 0 Å². The summed E-state index contributed by atoms with van der Waals surface area (Å²) >= 11 is 7.46. The minimum atomic E-state index is -0.511. The SMILES string of the molecule is Cc1sc(C2(O)CC2)cc1Cl. The van der Waals surface area contributed by atoms with E-state index in [4.69, 9.17) is 11.6 Å². The Labute approximate surface area is 74.6 Å². The van der Waals surface area contributed by atoms with Crippen molar-refractivity contribution in [3.8, 4) is 0 Å². The van der Waals surface area contributed by atoms with Gasteiger partial charge in [0.15, 0.2) is 0 Å². The Kier molecular flexibility index (Phi) is 1.53. The number of halogens is 1. The summed E-state index contributed by atoms with van der Waals surface area (Å²) in [7, 11) is 0. The van der Waals surface area contributed by atoms with Gasteiger partial charge in [-0.2, -0.15) is 0 Å². The topological polar surface area (TPSA) is 20.2 Å². The van der Waals surface area contributed by atoms with E-state index in [1.54, 1.807) is 11.3 Å². The summed E-state index contributed by atoms with van der Waals surface area (Å²) in [6.45, 7) is 1.97. The molecule has 0 saturated heterocycles. The second-order valence-corrected chi connectivity index (χ2v) is 4.71. The number of aliphatic hydroxyl groups is 1. The van der Waals surface area contributed by atoms with E-state index in [-0.39, 0.29) is 0 Å². The average Bonchev–Trinajstić information content (AvgIpc) is 2.59. The highest BCUT2D eigenvalue weighted by Crippen LogP contribution is 2.49. The van der Waals surface area contributed by atoms with Gasteiger partial charge in [0.05, 0.1) is 10.6 Å². The maximum Gasteiger partial charge on any atom is 0.0990 e. The highest BCUT2D eigenvalue weighted by Gasteiger charge is 2.43. The van der Waals surface area contributed by atoms with E-state index in [9.17, 15) is 5.11 Å². The molecule has 11 heavy (non-hydrogen) atoms. The van der Waals surface area contributed by atoms with Crippen LogP contribution in [0.3, 0.4) is 0 Å². The van der Waals surface area contributed by atoms with Crippen molar-refractivity contribution in [2.45, 2.75) is 25.4 Å². The van der Waals surface area contributed by atoms with E-state index in [1.807, 2.05) is 13.0 Å². The molecule has 0 aliphatic heterocycles. The average molecular weight is 189 g/mol. The zero-order valence-electron chi connectivity index (χ0n) is 6.22. The lowest BCUT2D eigenvalue weighted by Crippen LogP contribution is -1.99. The van der Waals surface area contributed by atoms with E-state index in [0.717, 1.165) is 27.6 Å². The van der Waals surface area contributed by atoms with Crippen LogP contribution in [-0.4, -0.2) is 5.11 Å². The van der Waals surface area contributed by atoms with Gasteiger partial charge in [-0.25, -0.2) is 0 Å². The Balaban J connectivity index is 2.39. The van der Waals surface area contributed by atoms with E-state index >= 15 is 0 Å². The molecule has 0 unspecified atom stereocenters. The van der Waals surface area contributed by atoms with Crippen LogP contribution in [-0.2, 0) is 5.60 Å². The molecule has 1 aromatic heterocycles. The van der Waals surface area contributed by atoms with Gasteiger partial charge in [-0.3, -0.25) is 0 Å². The Hall–Kier alpha value is -0.0500. The molecule has 0 spiro atoms. The predicted octanol–water partition coefficient (Wildman–Crippen LogP) is 2.69. The molecular weight excluding hydrogens is 180 g/mol. The van der Waals surface area contributed by atoms with E-state index < -0.39 is 5.60 Å². The van der Waals surface area contributed by atoms with Crippen molar-refractivity contribution in [1.82, 2.24) is 0 Å². The maximum absolute atomic E-state index is 9.69. The van der Waals surface area contributed by atoms with Crippen molar-refractivity contribution in [2.24, 2.45) is 0 Å². The summed E-state index contributed by atoms with van der Waals surface area (Å²) in [5.41, 5.74) is -0.511. The minimum absolute atomic E-state index is 0.511. The van der Waals surface area contributed by atoms with Crippen molar-refractivity contribution in [3.63, 3.8) is 0 Å². The van der Waals surface area contributed by atoms with Crippen LogP contribution in [0.4, 0.5) is 0 Å². The molecule has 1 aromatic rings. The number of thiophene rings is 1. The molecule has 1 fully saturated rings. The third kappa shape index (κ3) is 1.19. The van der Waals surface area contributed by atoms with Crippen LogP contribution in [0.25, 0.3) is 0 Å². The number of aryl methyl sites for hydroxylation is 1. The molecule has 2 rings (SSSR count). The summed E-state index contributed by atoms with van der Waals surface area (Å²) in [5, 5.41) is 10.5.